The number of anilines is 1. The third kappa shape index (κ3) is 4.42. The molecule has 4 aromatic rings. The summed E-state index contributed by atoms with van der Waals surface area (Å²) in [6.07, 6.45) is 7.86. The summed E-state index contributed by atoms with van der Waals surface area (Å²) in [5.41, 5.74) is 9.81. The van der Waals surface area contributed by atoms with Gasteiger partial charge in [0.05, 0.1) is 0 Å². The van der Waals surface area contributed by atoms with Crippen LogP contribution in [0.3, 0.4) is 0 Å². The standard InChI is InChI=1S/C24H26N6OS/c1-32-24-28-21-3-2-11-27-23(21)30(24)18-4-6-19(7-5-18)31-20-9-13-29(14-10-20)16-17-8-12-26-22(25)15-17/h2-8,11-12,15,20H,9-10,13-14,16H2,1H3,(H2,25,26). The molecule has 1 saturated heterocycles. The highest BCUT2D eigenvalue weighted by Gasteiger charge is 2.21. The second-order valence-corrected chi connectivity index (χ2v) is 8.73. The highest BCUT2D eigenvalue weighted by Crippen LogP contribution is 2.27. The van der Waals surface area contributed by atoms with Gasteiger partial charge in [-0.25, -0.2) is 15.0 Å². The molecule has 1 aromatic carbocycles. The van der Waals surface area contributed by atoms with E-state index in [4.69, 9.17) is 10.5 Å². The molecule has 7 nitrogen and oxygen atoms in total. The number of likely N-dealkylation sites (tertiary alicyclic amines) is 1. The van der Waals surface area contributed by atoms with Crippen molar-refractivity contribution in [2.24, 2.45) is 0 Å². The van der Waals surface area contributed by atoms with Crippen molar-refractivity contribution in [1.82, 2.24) is 24.4 Å². The minimum atomic E-state index is 0.233. The maximum absolute atomic E-state index is 6.29. The summed E-state index contributed by atoms with van der Waals surface area (Å²) in [5, 5.41) is 0.927. The minimum absolute atomic E-state index is 0.233. The molecule has 0 atom stereocenters. The van der Waals surface area contributed by atoms with Crippen LogP contribution in [0.2, 0.25) is 0 Å². The van der Waals surface area contributed by atoms with Crippen molar-refractivity contribution in [2.75, 3.05) is 25.1 Å². The van der Waals surface area contributed by atoms with Crippen molar-refractivity contribution in [3.8, 4) is 11.4 Å². The normalized spacial score (nSPS) is 15.3. The molecule has 1 aliphatic rings. The number of ether oxygens (including phenoxy) is 1. The van der Waals surface area contributed by atoms with E-state index >= 15 is 0 Å². The average Bonchev–Trinajstić information content (AvgIpc) is 3.20. The summed E-state index contributed by atoms with van der Waals surface area (Å²) in [4.78, 5) is 15.7. The topological polar surface area (TPSA) is 82.1 Å². The number of piperidine rings is 1. The molecule has 0 aliphatic carbocycles. The van der Waals surface area contributed by atoms with Gasteiger partial charge in [-0.15, -0.1) is 0 Å². The first-order chi connectivity index (χ1) is 15.7. The lowest BCUT2D eigenvalue weighted by Gasteiger charge is -2.32. The zero-order chi connectivity index (χ0) is 21.9. The number of hydrogen-bond acceptors (Lipinski definition) is 7. The number of nitrogens with two attached hydrogens (primary N) is 1. The van der Waals surface area contributed by atoms with E-state index in [-0.39, 0.29) is 6.10 Å². The first-order valence-electron chi connectivity index (χ1n) is 10.8. The van der Waals surface area contributed by atoms with Gasteiger partial charge in [0.2, 0.25) is 0 Å². The van der Waals surface area contributed by atoms with Crippen molar-refractivity contribution in [2.45, 2.75) is 30.6 Å². The van der Waals surface area contributed by atoms with E-state index < -0.39 is 0 Å². The molecular weight excluding hydrogens is 420 g/mol. The molecular formula is C24H26N6OS. The van der Waals surface area contributed by atoms with E-state index in [1.807, 2.05) is 42.7 Å². The van der Waals surface area contributed by atoms with Gasteiger partial charge >= 0.3 is 0 Å². The Morgan fingerprint density at radius 1 is 1.06 bits per heavy atom. The Labute approximate surface area is 191 Å². The molecule has 8 heteroatoms. The van der Waals surface area contributed by atoms with Gasteiger partial charge in [0.25, 0.3) is 0 Å². The molecule has 0 radical (unpaired) electrons. The summed E-state index contributed by atoms with van der Waals surface area (Å²) < 4.78 is 8.38. The molecule has 3 aromatic heterocycles. The molecule has 164 valence electrons. The van der Waals surface area contributed by atoms with Crippen LogP contribution in [0.25, 0.3) is 16.9 Å². The molecule has 0 bridgehead atoms. The smallest absolute Gasteiger partial charge is 0.174 e. The number of aromatic nitrogens is 4. The van der Waals surface area contributed by atoms with Gasteiger partial charge in [0.1, 0.15) is 23.2 Å². The summed E-state index contributed by atoms with van der Waals surface area (Å²) in [7, 11) is 0. The number of thioether (sulfide) groups is 1. The Balaban J connectivity index is 1.22. The second-order valence-electron chi connectivity index (χ2n) is 7.96. The van der Waals surface area contributed by atoms with Gasteiger partial charge in [0, 0.05) is 37.7 Å². The van der Waals surface area contributed by atoms with Crippen LogP contribution in [0.4, 0.5) is 5.82 Å². The SMILES string of the molecule is CSc1nc2cccnc2n1-c1ccc(OC2CCN(Cc3ccnc(N)c3)CC2)cc1. The summed E-state index contributed by atoms with van der Waals surface area (Å²) in [5.74, 6) is 1.48. The summed E-state index contributed by atoms with van der Waals surface area (Å²) >= 11 is 1.62. The number of imidazole rings is 1. The van der Waals surface area contributed by atoms with Gasteiger partial charge in [-0.1, -0.05) is 11.8 Å². The van der Waals surface area contributed by atoms with Gasteiger partial charge in [-0.2, -0.15) is 0 Å². The molecule has 0 saturated carbocycles. The largest absolute Gasteiger partial charge is 0.490 e. The van der Waals surface area contributed by atoms with Crippen molar-refractivity contribution in [1.29, 1.82) is 0 Å². The van der Waals surface area contributed by atoms with Crippen LogP contribution in [0.1, 0.15) is 18.4 Å². The number of fused-ring (bicyclic) bond motifs is 1. The first-order valence-corrected chi connectivity index (χ1v) is 12.0. The maximum Gasteiger partial charge on any atom is 0.174 e. The maximum atomic E-state index is 6.29. The molecule has 0 unspecified atom stereocenters. The summed E-state index contributed by atoms with van der Waals surface area (Å²) in [6, 6.07) is 16.1. The lowest BCUT2D eigenvalue weighted by molar-refractivity contribution is 0.0968. The Kier molecular flexibility index (Phi) is 5.96. The molecule has 2 N–H and O–H groups in total. The van der Waals surface area contributed by atoms with E-state index in [0.29, 0.717) is 5.82 Å². The lowest BCUT2D eigenvalue weighted by atomic mass is 10.1. The predicted molar refractivity (Wildman–Crippen MR) is 128 cm³/mol. The molecule has 1 fully saturated rings. The third-order valence-electron chi connectivity index (χ3n) is 5.75. The number of rotatable bonds is 6. The third-order valence-corrected chi connectivity index (χ3v) is 6.39. The average molecular weight is 447 g/mol. The second kappa shape index (κ2) is 9.18. The van der Waals surface area contributed by atoms with Crippen LogP contribution in [0, 0.1) is 0 Å². The van der Waals surface area contributed by atoms with E-state index in [1.165, 1.54) is 5.56 Å². The van der Waals surface area contributed by atoms with Crippen LogP contribution in [0.5, 0.6) is 5.75 Å². The molecule has 4 heterocycles. The monoisotopic (exact) mass is 446 g/mol. The highest BCUT2D eigenvalue weighted by atomic mass is 32.2. The van der Waals surface area contributed by atoms with Crippen molar-refractivity contribution >= 4 is 28.7 Å². The lowest BCUT2D eigenvalue weighted by Crippen LogP contribution is -2.37. The predicted octanol–water partition coefficient (Wildman–Crippen LogP) is 4.16. The number of nitrogen functional groups attached to an aromatic ring is 1. The Bertz CT molecular complexity index is 1200. The molecule has 32 heavy (non-hydrogen) atoms. The fourth-order valence-electron chi connectivity index (χ4n) is 4.16. The van der Waals surface area contributed by atoms with Crippen LogP contribution < -0.4 is 10.5 Å². The number of benzene rings is 1. The molecule has 1 aliphatic heterocycles. The molecule has 5 rings (SSSR count). The van der Waals surface area contributed by atoms with Gasteiger partial charge in [-0.3, -0.25) is 9.47 Å². The van der Waals surface area contributed by atoms with Crippen molar-refractivity contribution in [3.05, 3.63) is 66.5 Å². The minimum Gasteiger partial charge on any atom is -0.490 e. The van der Waals surface area contributed by atoms with Gasteiger partial charge in [-0.05, 0) is 73.2 Å². The van der Waals surface area contributed by atoms with Crippen LogP contribution in [-0.2, 0) is 6.54 Å². The summed E-state index contributed by atoms with van der Waals surface area (Å²) in [6.45, 7) is 2.92. The fourth-order valence-corrected chi connectivity index (χ4v) is 4.73. The van der Waals surface area contributed by atoms with E-state index in [1.54, 1.807) is 24.2 Å². The van der Waals surface area contributed by atoms with Crippen molar-refractivity contribution < 1.29 is 4.74 Å². The number of nitrogens with zero attached hydrogens (tertiary/aromatic N) is 5. The zero-order valence-corrected chi connectivity index (χ0v) is 18.8. The zero-order valence-electron chi connectivity index (χ0n) is 18.0. The number of pyridine rings is 2. The Morgan fingerprint density at radius 3 is 2.62 bits per heavy atom. The Hall–Kier alpha value is -3.10. The van der Waals surface area contributed by atoms with Crippen molar-refractivity contribution in [3.63, 3.8) is 0 Å². The first kappa shape index (κ1) is 20.8. The quantitative estimate of drug-likeness (QED) is 0.445. The van der Waals surface area contributed by atoms with Crippen LogP contribution in [-0.4, -0.2) is 49.9 Å². The van der Waals surface area contributed by atoms with E-state index in [2.05, 4.69) is 36.6 Å². The highest BCUT2D eigenvalue weighted by molar-refractivity contribution is 7.98. The van der Waals surface area contributed by atoms with Crippen LogP contribution in [0.15, 0.2) is 66.1 Å². The van der Waals surface area contributed by atoms with E-state index in [9.17, 15) is 0 Å². The fraction of sp³-hybridized carbons (Fsp3) is 0.292. The molecule has 0 spiro atoms. The van der Waals surface area contributed by atoms with Crippen LogP contribution >= 0.6 is 11.8 Å². The molecule has 0 amide bonds. The van der Waals surface area contributed by atoms with Gasteiger partial charge < -0.3 is 10.5 Å². The number of hydrogen-bond donors (Lipinski definition) is 1. The Morgan fingerprint density at radius 2 is 1.88 bits per heavy atom. The van der Waals surface area contributed by atoms with Gasteiger partial charge in [0.15, 0.2) is 10.8 Å². The van der Waals surface area contributed by atoms with E-state index in [0.717, 1.165) is 60.2 Å².